The fourth-order valence-corrected chi connectivity index (χ4v) is 2.47. The number of para-hydroxylation sites is 1. The Morgan fingerprint density at radius 1 is 1.21 bits per heavy atom. The highest BCUT2D eigenvalue weighted by molar-refractivity contribution is 7.92. The molecule has 1 aromatic carbocycles. The van der Waals surface area contributed by atoms with E-state index in [4.69, 9.17) is 0 Å². The van der Waals surface area contributed by atoms with Gasteiger partial charge in [0.15, 0.2) is 9.84 Å². The number of sulfone groups is 1. The van der Waals surface area contributed by atoms with Crippen LogP contribution in [0.3, 0.4) is 0 Å². The quantitative estimate of drug-likeness (QED) is 0.920. The molecule has 6 nitrogen and oxygen atoms in total. The van der Waals surface area contributed by atoms with E-state index in [1.807, 2.05) is 51.1 Å². The highest BCUT2D eigenvalue weighted by atomic mass is 32.2. The minimum absolute atomic E-state index is 0.206. The van der Waals surface area contributed by atoms with Gasteiger partial charge in [-0.05, 0) is 19.1 Å². The molecule has 0 aliphatic carbocycles. The van der Waals surface area contributed by atoms with E-state index in [1.165, 1.54) is 6.92 Å². The Morgan fingerprint density at radius 2 is 1.79 bits per heavy atom. The summed E-state index contributed by atoms with van der Waals surface area (Å²) in [7, 11) is -3.46. The second kappa shape index (κ2) is 6.39. The largest absolute Gasteiger partial charge is 0.309 e. The van der Waals surface area contributed by atoms with Gasteiger partial charge in [0.05, 0.1) is 11.4 Å². The minimum atomic E-state index is -3.46. The normalized spacial score (nSPS) is 13.5. The molecule has 0 bridgehead atoms. The Hall–Kier alpha value is -2.15. The number of hydrogen-bond donors (Lipinski definition) is 1. The number of nitrogens with one attached hydrogen (secondary N) is 1. The average Bonchev–Trinajstić information content (AvgIpc) is 2.90. The van der Waals surface area contributed by atoms with E-state index in [-0.39, 0.29) is 5.41 Å². The van der Waals surface area contributed by atoms with Crippen LogP contribution in [0.4, 0.5) is 5.82 Å². The van der Waals surface area contributed by atoms with Crippen molar-refractivity contribution in [1.82, 2.24) is 9.78 Å². The zero-order valence-corrected chi connectivity index (χ0v) is 15.4. The molecule has 2 rings (SSSR count). The number of carbonyl (C=O) groups excluding carboxylic acids is 1. The van der Waals surface area contributed by atoms with E-state index in [1.54, 1.807) is 10.7 Å². The first-order valence-electron chi connectivity index (χ1n) is 7.66. The van der Waals surface area contributed by atoms with Crippen LogP contribution in [-0.4, -0.2) is 35.6 Å². The lowest BCUT2D eigenvalue weighted by Gasteiger charge is -2.14. The molecular formula is C17H23N3O3S. The standard InChI is InChI=1S/C17H23N3O3S/c1-12(24(5,22)23)16(21)18-15-11-14(17(2,3)4)19-20(15)13-9-7-6-8-10-13/h6-12H,1-5H3,(H,18,21). The number of benzene rings is 1. The van der Waals surface area contributed by atoms with Crippen molar-refractivity contribution in [2.75, 3.05) is 11.6 Å². The van der Waals surface area contributed by atoms with E-state index in [0.29, 0.717) is 5.82 Å². The SMILES string of the molecule is CC(C(=O)Nc1cc(C(C)(C)C)nn1-c1ccccc1)S(C)(=O)=O. The van der Waals surface area contributed by atoms with Crippen molar-refractivity contribution in [1.29, 1.82) is 0 Å². The Balaban J connectivity index is 2.45. The highest BCUT2D eigenvalue weighted by Gasteiger charge is 2.26. The molecule has 0 spiro atoms. The number of rotatable bonds is 4. The van der Waals surface area contributed by atoms with Gasteiger partial charge in [-0.1, -0.05) is 39.0 Å². The third-order valence-corrected chi connectivity index (χ3v) is 5.24. The fraction of sp³-hybridized carbons (Fsp3) is 0.412. The monoisotopic (exact) mass is 349 g/mol. The number of anilines is 1. The van der Waals surface area contributed by atoms with E-state index in [9.17, 15) is 13.2 Å². The van der Waals surface area contributed by atoms with Gasteiger partial charge in [0.25, 0.3) is 0 Å². The molecular weight excluding hydrogens is 326 g/mol. The second-order valence-electron chi connectivity index (χ2n) is 6.87. The maximum Gasteiger partial charge on any atom is 0.243 e. The summed E-state index contributed by atoms with van der Waals surface area (Å²) in [4.78, 5) is 12.3. The molecule has 0 aliphatic heterocycles. The molecule has 2 aromatic rings. The minimum Gasteiger partial charge on any atom is -0.309 e. The lowest BCUT2D eigenvalue weighted by atomic mass is 9.92. The molecule has 130 valence electrons. The Labute approximate surface area is 142 Å². The first-order chi connectivity index (χ1) is 11.0. The zero-order chi connectivity index (χ0) is 18.1. The van der Waals surface area contributed by atoms with Crippen LogP contribution in [0.2, 0.25) is 0 Å². The first kappa shape index (κ1) is 18.2. The number of nitrogens with zero attached hydrogens (tertiary/aromatic N) is 2. The van der Waals surface area contributed by atoms with E-state index in [0.717, 1.165) is 17.6 Å². The van der Waals surface area contributed by atoms with Crippen molar-refractivity contribution in [3.05, 3.63) is 42.1 Å². The molecule has 1 N–H and O–H groups in total. The van der Waals surface area contributed by atoms with Gasteiger partial charge in [-0.15, -0.1) is 0 Å². The van der Waals surface area contributed by atoms with Gasteiger partial charge < -0.3 is 5.32 Å². The van der Waals surface area contributed by atoms with Gasteiger partial charge in [-0.2, -0.15) is 5.10 Å². The highest BCUT2D eigenvalue weighted by Crippen LogP contribution is 2.26. The summed E-state index contributed by atoms with van der Waals surface area (Å²) in [5.74, 6) is -0.123. The zero-order valence-electron chi connectivity index (χ0n) is 14.6. The van der Waals surface area contributed by atoms with Crippen molar-refractivity contribution in [3.8, 4) is 5.69 Å². The molecule has 1 aromatic heterocycles. The molecule has 1 unspecified atom stereocenters. The van der Waals surface area contributed by atoms with Crippen LogP contribution >= 0.6 is 0 Å². The molecule has 0 saturated heterocycles. The molecule has 0 fully saturated rings. The Kier molecular flexibility index (Phi) is 4.85. The predicted molar refractivity (Wildman–Crippen MR) is 95.2 cm³/mol. The summed E-state index contributed by atoms with van der Waals surface area (Å²) >= 11 is 0. The predicted octanol–water partition coefficient (Wildman–Crippen LogP) is 2.54. The molecule has 0 saturated carbocycles. The molecule has 24 heavy (non-hydrogen) atoms. The molecule has 0 radical (unpaired) electrons. The lowest BCUT2D eigenvalue weighted by Crippen LogP contribution is -2.32. The van der Waals surface area contributed by atoms with Crippen molar-refractivity contribution in [2.24, 2.45) is 0 Å². The third-order valence-electron chi connectivity index (χ3n) is 3.74. The van der Waals surface area contributed by atoms with Gasteiger partial charge in [0.2, 0.25) is 5.91 Å². The van der Waals surface area contributed by atoms with E-state index >= 15 is 0 Å². The van der Waals surface area contributed by atoms with Crippen LogP contribution in [0.5, 0.6) is 0 Å². The van der Waals surface area contributed by atoms with Gasteiger partial charge in [-0.25, -0.2) is 13.1 Å². The smallest absolute Gasteiger partial charge is 0.243 e. The van der Waals surface area contributed by atoms with Crippen molar-refractivity contribution in [3.63, 3.8) is 0 Å². The molecule has 1 heterocycles. The van der Waals surface area contributed by atoms with Crippen molar-refractivity contribution < 1.29 is 13.2 Å². The number of amides is 1. The van der Waals surface area contributed by atoms with Gasteiger partial charge in [0, 0.05) is 17.7 Å². The van der Waals surface area contributed by atoms with Gasteiger partial charge >= 0.3 is 0 Å². The van der Waals surface area contributed by atoms with E-state index in [2.05, 4.69) is 10.4 Å². The summed E-state index contributed by atoms with van der Waals surface area (Å²) in [6.45, 7) is 7.44. The lowest BCUT2D eigenvalue weighted by molar-refractivity contribution is -0.115. The first-order valence-corrected chi connectivity index (χ1v) is 9.61. The second-order valence-corrected chi connectivity index (χ2v) is 9.24. The summed E-state index contributed by atoms with van der Waals surface area (Å²) in [6, 6.07) is 11.2. The fourth-order valence-electron chi connectivity index (χ4n) is 2.02. The van der Waals surface area contributed by atoms with Crippen molar-refractivity contribution in [2.45, 2.75) is 38.4 Å². The van der Waals surface area contributed by atoms with Crippen LogP contribution in [0.1, 0.15) is 33.4 Å². The van der Waals surface area contributed by atoms with Gasteiger partial charge in [-0.3, -0.25) is 4.79 Å². The molecule has 1 atom stereocenters. The summed E-state index contributed by atoms with van der Waals surface area (Å²) in [5.41, 5.74) is 1.38. The topological polar surface area (TPSA) is 81.1 Å². The average molecular weight is 349 g/mol. The van der Waals surface area contributed by atoms with Gasteiger partial charge in [0.1, 0.15) is 11.1 Å². The Bertz CT molecular complexity index is 834. The maximum atomic E-state index is 12.3. The van der Waals surface area contributed by atoms with Crippen LogP contribution < -0.4 is 5.32 Å². The van der Waals surface area contributed by atoms with Crippen LogP contribution in [-0.2, 0) is 20.0 Å². The third kappa shape index (κ3) is 4.03. The molecule has 7 heteroatoms. The summed E-state index contributed by atoms with van der Waals surface area (Å²) < 4.78 is 24.8. The number of hydrogen-bond acceptors (Lipinski definition) is 4. The maximum absolute atomic E-state index is 12.3. The summed E-state index contributed by atoms with van der Waals surface area (Å²) in [6.07, 6.45) is 1.05. The number of carbonyl (C=O) groups is 1. The Morgan fingerprint density at radius 3 is 2.29 bits per heavy atom. The van der Waals surface area contributed by atoms with Crippen LogP contribution in [0.15, 0.2) is 36.4 Å². The van der Waals surface area contributed by atoms with Crippen molar-refractivity contribution >= 4 is 21.6 Å². The molecule has 1 amide bonds. The van der Waals surface area contributed by atoms with E-state index < -0.39 is 21.0 Å². The summed E-state index contributed by atoms with van der Waals surface area (Å²) in [5, 5.41) is 6.14. The van der Waals surface area contributed by atoms with Crippen LogP contribution in [0.25, 0.3) is 5.69 Å². The van der Waals surface area contributed by atoms with Crippen LogP contribution in [0, 0.1) is 0 Å². The number of aromatic nitrogens is 2. The molecule has 0 aliphatic rings.